The molecule has 1 atom stereocenters. The smallest absolute Gasteiger partial charge is 0.247 e. The first-order chi connectivity index (χ1) is 11.9. The van der Waals surface area contributed by atoms with E-state index in [1.807, 2.05) is 32.0 Å². The number of halogens is 1. The Morgan fingerprint density at radius 3 is 2.68 bits per heavy atom. The SMILES string of the molecule is CCn1nc(C)c(S(=O)(=O)N2CCNCC2c2ccccc2Cl)c1C. The lowest BCUT2D eigenvalue weighted by atomic mass is 10.1. The second-order valence-corrected chi connectivity index (χ2v) is 8.41. The molecule has 8 heteroatoms. The maximum atomic E-state index is 13.5. The maximum Gasteiger partial charge on any atom is 0.247 e. The summed E-state index contributed by atoms with van der Waals surface area (Å²) < 4.78 is 30.2. The number of sulfonamides is 1. The molecular formula is C17H23ClN4O2S. The number of hydrogen-bond acceptors (Lipinski definition) is 4. The summed E-state index contributed by atoms with van der Waals surface area (Å²) >= 11 is 6.34. The molecular weight excluding hydrogens is 360 g/mol. The Morgan fingerprint density at radius 1 is 1.32 bits per heavy atom. The molecule has 1 fully saturated rings. The third-order valence-corrected chi connectivity index (χ3v) is 7.15. The molecule has 2 heterocycles. The van der Waals surface area contributed by atoms with Gasteiger partial charge in [0.05, 0.1) is 17.4 Å². The lowest BCUT2D eigenvalue weighted by molar-refractivity contribution is 0.271. The molecule has 3 rings (SSSR count). The standard InChI is InChI=1S/C17H23ClN4O2S/c1-4-21-13(3)17(12(2)20-21)25(23,24)22-10-9-19-11-16(22)14-7-5-6-8-15(14)18/h5-8,16,19H,4,9-11H2,1-3H3. The van der Waals surface area contributed by atoms with Crippen LogP contribution >= 0.6 is 11.6 Å². The lowest BCUT2D eigenvalue weighted by Crippen LogP contribution is -2.48. The number of hydrogen-bond donors (Lipinski definition) is 1. The van der Waals surface area contributed by atoms with Crippen molar-refractivity contribution in [2.45, 2.75) is 38.3 Å². The largest absolute Gasteiger partial charge is 0.313 e. The van der Waals surface area contributed by atoms with E-state index in [9.17, 15) is 8.42 Å². The van der Waals surface area contributed by atoms with Crippen LogP contribution in [-0.2, 0) is 16.6 Å². The van der Waals surface area contributed by atoms with Crippen LogP contribution in [0.25, 0.3) is 0 Å². The summed E-state index contributed by atoms with van der Waals surface area (Å²) in [7, 11) is -3.68. The van der Waals surface area contributed by atoms with Crippen molar-refractivity contribution in [3.8, 4) is 0 Å². The predicted molar refractivity (Wildman–Crippen MR) is 98.3 cm³/mol. The number of nitrogens with one attached hydrogen (secondary N) is 1. The van der Waals surface area contributed by atoms with Crippen LogP contribution in [0.15, 0.2) is 29.2 Å². The fourth-order valence-electron chi connectivity index (χ4n) is 3.46. The molecule has 1 N–H and O–H groups in total. The van der Waals surface area contributed by atoms with Crippen LogP contribution in [0.3, 0.4) is 0 Å². The van der Waals surface area contributed by atoms with Crippen molar-refractivity contribution in [1.29, 1.82) is 0 Å². The van der Waals surface area contributed by atoms with Gasteiger partial charge in [0.1, 0.15) is 4.90 Å². The second-order valence-electron chi connectivity index (χ2n) is 6.17. The average Bonchev–Trinajstić information content (AvgIpc) is 2.89. The Bertz CT molecular complexity index is 879. The summed E-state index contributed by atoms with van der Waals surface area (Å²) in [6, 6.07) is 7.07. The zero-order chi connectivity index (χ0) is 18.2. The minimum atomic E-state index is -3.68. The first-order valence-electron chi connectivity index (χ1n) is 8.39. The molecule has 1 aliphatic rings. The van der Waals surface area contributed by atoms with Gasteiger partial charge in [-0.1, -0.05) is 29.8 Å². The van der Waals surface area contributed by atoms with Gasteiger partial charge >= 0.3 is 0 Å². The van der Waals surface area contributed by atoms with E-state index >= 15 is 0 Å². The molecule has 1 aromatic heterocycles. The van der Waals surface area contributed by atoms with Crippen molar-refractivity contribution in [1.82, 2.24) is 19.4 Å². The first-order valence-corrected chi connectivity index (χ1v) is 10.2. The molecule has 0 amide bonds. The highest BCUT2D eigenvalue weighted by molar-refractivity contribution is 7.89. The van der Waals surface area contributed by atoms with Crippen LogP contribution in [0.2, 0.25) is 5.02 Å². The van der Waals surface area contributed by atoms with Crippen LogP contribution < -0.4 is 5.32 Å². The molecule has 6 nitrogen and oxygen atoms in total. The van der Waals surface area contributed by atoms with Gasteiger partial charge in [0, 0.05) is 31.2 Å². The van der Waals surface area contributed by atoms with Crippen molar-refractivity contribution in [3.63, 3.8) is 0 Å². The van der Waals surface area contributed by atoms with Gasteiger partial charge in [-0.05, 0) is 32.4 Å². The van der Waals surface area contributed by atoms with Crippen molar-refractivity contribution in [2.75, 3.05) is 19.6 Å². The van der Waals surface area contributed by atoms with E-state index in [0.29, 0.717) is 47.5 Å². The summed E-state index contributed by atoms with van der Waals surface area (Å²) in [5.41, 5.74) is 2.03. The minimum Gasteiger partial charge on any atom is -0.313 e. The molecule has 0 saturated carbocycles. The molecule has 1 aromatic carbocycles. The van der Waals surface area contributed by atoms with E-state index in [2.05, 4.69) is 10.4 Å². The summed E-state index contributed by atoms with van der Waals surface area (Å²) in [6.07, 6.45) is 0. The number of aryl methyl sites for hydroxylation is 2. The van der Waals surface area contributed by atoms with Crippen LogP contribution in [0.5, 0.6) is 0 Å². The quantitative estimate of drug-likeness (QED) is 0.882. The van der Waals surface area contributed by atoms with Gasteiger partial charge in [-0.15, -0.1) is 0 Å². The van der Waals surface area contributed by atoms with Crippen molar-refractivity contribution < 1.29 is 8.42 Å². The van der Waals surface area contributed by atoms with Gasteiger partial charge in [-0.3, -0.25) is 4.68 Å². The zero-order valence-corrected chi connectivity index (χ0v) is 16.2. The highest BCUT2D eigenvalue weighted by Crippen LogP contribution is 2.34. The lowest BCUT2D eigenvalue weighted by Gasteiger charge is -2.35. The van der Waals surface area contributed by atoms with Crippen molar-refractivity contribution in [3.05, 3.63) is 46.2 Å². The highest BCUT2D eigenvalue weighted by Gasteiger charge is 2.38. The van der Waals surface area contributed by atoms with E-state index in [1.54, 1.807) is 22.0 Å². The number of aromatic nitrogens is 2. The Morgan fingerprint density at radius 2 is 2.04 bits per heavy atom. The van der Waals surface area contributed by atoms with E-state index in [1.165, 1.54) is 0 Å². The van der Waals surface area contributed by atoms with Crippen LogP contribution in [0.4, 0.5) is 0 Å². The second kappa shape index (κ2) is 7.07. The number of benzene rings is 1. The minimum absolute atomic E-state index is 0.313. The molecule has 136 valence electrons. The van der Waals surface area contributed by atoms with E-state index in [4.69, 9.17) is 11.6 Å². The highest BCUT2D eigenvalue weighted by atomic mass is 35.5. The van der Waals surface area contributed by atoms with Gasteiger partial charge in [0.2, 0.25) is 10.0 Å². The molecule has 25 heavy (non-hydrogen) atoms. The van der Waals surface area contributed by atoms with Crippen LogP contribution in [0.1, 0.15) is 29.9 Å². The van der Waals surface area contributed by atoms with Gasteiger partial charge in [0.25, 0.3) is 0 Å². The predicted octanol–water partition coefficient (Wildman–Crippen LogP) is 2.51. The number of nitrogens with zero attached hydrogens (tertiary/aromatic N) is 3. The molecule has 0 spiro atoms. The fourth-order valence-corrected chi connectivity index (χ4v) is 5.71. The zero-order valence-electron chi connectivity index (χ0n) is 14.7. The summed E-state index contributed by atoms with van der Waals surface area (Å²) in [4.78, 5) is 0.313. The topological polar surface area (TPSA) is 67.2 Å². The van der Waals surface area contributed by atoms with Crippen molar-refractivity contribution in [2.24, 2.45) is 0 Å². The van der Waals surface area contributed by atoms with Crippen LogP contribution in [0, 0.1) is 13.8 Å². The number of rotatable bonds is 4. The first kappa shape index (κ1) is 18.4. The van der Waals surface area contributed by atoms with Gasteiger partial charge < -0.3 is 5.32 Å². The Labute approximate surface area is 153 Å². The van der Waals surface area contributed by atoms with E-state index in [-0.39, 0.29) is 6.04 Å². The third-order valence-electron chi connectivity index (χ3n) is 4.64. The van der Waals surface area contributed by atoms with Crippen LogP contribution in [-0.4, -0.2) is 42.1 Å². The normalized spacial score (nSPS) is 19.3. The third kappa shape index (κ3) is 3.21. The van der Waals surface area contributed by atoms with E-state index < -0.39 is 10.0 Å². The maximum absolute atomic E-state index is 13.5. The van der Waals surface area contributed by atoms with Gasteiger partial charge in [-0.2, -0.15) is 9.40 Å². The molecule has 1 aliphatic heterocycles. The molecule has 0 radical (unpaired) electrons. The van der Waals surface area contributed by atoms with Crippen molar-refractivity contribution >= 4 is 21.6 Å². The molecule has 2 aromatic rings. The van der Waals surface area contributed by atoms with Gasteiger partial charge in [0.15, 0.2) is 0 Å². The summed E-state index contributed by atoms with van der Waals surface area (Å²) in [5.74, 6) is 0. The Kier molecular flexibility index (Phi) is 5.20. The monoisotopic (exact) mass is 382 g/mol. The average molecular weight is 383 g/mol. The Balaban J connectivity index is 2.09. The van der Waals surface area contributed by atoms with Gasteiger partial charge in [-0.25, -0.2) is 8.42 Å². The Hall–Kier alpha value is -1.41. The molecule has 0 bridgehead atoms. The summed E-state index contributed by atoms with van der Waals surface area (Å²) in [5, 5.41) is 8.23. The fraction of sp³-hybridized carbons (Fsp3) is 0.471. The van der Waals surface area contributed by atoms with E-state index in [0.717, 1.165) is 5.56 Å². The molecule has 1 unspecified atom stereocenters. The molecule has 0 aliphatic carbocycles. The summed E-state index contributed by atoms with van der Waals surface area (Å²) in [6.45, 7) is 7.68. The number of piperazine rings is 1. The molecule has 1 saturated heterocycles.